The monoisotopic (exact) mass is 392 g/mol. The highest BCUT2D eigenvalue weighted by Gasteiger charge is 2.08. The van der Waals surface area contributed by atoms with E-state index in [2.05, 4.69) is 4.99 Å². The third kappa shape index (κ3) is 4.17. The highest BCUT2D eigenvalue weighted by atomic mass is 35.5. The van der Waals surface area contributed by atoms with Gasteiger partial charge in [0.2, 0.25) is 0 Å². The molecule has 26 heavy (non-hydrogen) atoms. The van der Waals surface area contributed by atoms with Crippen LogP contribution < -0.4 is 16.1 Å². The molecule has 2 N–H and O–H groups in total. The van der Waals surface area contributed by atoms with Crippen molar-refractivity contribution in [2.45, 2.75) is 5.75 Å². The number of aliphatic imine (C=N–C) groups is 1. The summed E-state index contributed by atoms with van der Waals surface area (Å²) in [5, 5.41) is 1.03. The average molecular weight is 393 g/mol. The van der Waals surface area contributed by atoms with Gasteiger partial charge < -0.3 is 14.9 Å². The van der Waals surface area contributed by atoms with E-state index in [0.717, 1.165) is 10.9 Å². The zero-order valence-corrected chi connectivity index (χ0v) is 15.2. The number of thioether (sulfide) groups is 1. The van der Waals surface area contributed by atoms with Gasteiger partial charge in [0, 0.05) is 23.3 Å². The van der Waals surface area contributed by atoms with Gasteiger partial charge in [-0.15, -0.1) is 0 Å². The molecule has 8 heteroatoms. The molecular weight excluding hydrogens is 379 g/mol. The van der Waals surface area contributed by atoms with E-state index in [1.165, 1.54) is 43.1 Å². The molecule has 0 spiro atoms. The number of fused-ring (bicyclic) bond motifs is 1. The minimum absolute atomic E-state index is 0.0235. The van der Waals surface area contributed by atoms with Crippen LogP contribution in [0.5, 0.6) is 5.75 Å². The smallest absolute Gasteiger partial charge is 0.336 e. The summed E-state index contributed by atoms with van der Waals surface area (Å²) in [6.07, 6.45) is 0. The van der Waals surface area contributed by atoms with Crippen molar-refractivity contribution in [1.82, 2.24) is 0 Å². The second kappa shape index (κ2) is 7.80. The van der Waals surface area contributed by atoms with Crippen LogP contribution in [-0.2, 0) is 5.75 Å². The standard InChI is InChI=1S/C18H14ClFN2O3S/c1-24-12-3-4-13-10(6-17(23)25-16(13)8-12)9-26-18(21)22-11-2-5-15(20)14(19)7-11/h2-8H,9H2,1H3,(H2,21,22). The van der Waals surface area contributed by atoms with Crippen LogP contribution in [0.2, 0.25) is 5.02 Å². The van der Waals surface area contributed by atoms with Gasteiger partial charge in [-0.05, 0) is 35.9 Å². The van der Waals surface area contributed by atoms with Crippen LogP contribution in [0, 0.1) is 5.82 Å². The number of hydrogen-bond acceptors (Lipinski definition) is 5. The lowest BCUT2D eigenvalue weighted by atomic mass is 10.1. The Morgan fingerprint density at radius 1 is 1.31 bits per heavy atom. The Morgan fingerprint density at radius 3 is 2.85 bits per heavy atom. The van der Waals surface area contributed by atoms with Gasteiger partial charge in [-0.25, -0.2) is 14.2 Å². The van der Waals surface area contributed by atoms with Crippen LogP contribution >= 0.6 is 23.4 Å². The van der Waals surface area contributed by atoms with Crippen LogP contribution in [0.3, 0.4) is 0 Å². The first-order valence-electron chi connectivity index (χ1n) is 7.49. The number of hydrogen-bond donors (Lipinski definition) is 1. The zero-order valence-electron chi connectivity index (χ0n) is 13.7. The lowest BCUT2D eigenvalue weighted by Gasteiger charge is -2.07. The Kier molecular flexibility index (Phi) is 5.49. The Bertz CT molecular complexity index is 1050. The maximum absolute atomic E-state index is 13.2. The SMILES string of the molecule is COc1ccc2c(CSC(N)=Nc3ccc(F)c(Cl)c3)cc(=O)oc2c1. The van der Waals surface area contributed by atoms with Crippen molar-refractivity contribution in [1.29, 1.82) is 0 Å². The number of methoxy groups -OCH3 is 1. The summed E-state index contributed by atoms with van der Waals surface area (Å²) in [4.78, 5) is 16.0. The largest absolute Gasteiger partial charge is 0.497 e. The molecule has 1 aromatic heterocycles. The summed E-state index contributed by atoms with van der Waals surface area (Å²) >= 11 is 6.98. The first-order chi connectivity index (χ1) is 12.5. The zero-order chi connectivity index (χ0) is 18.7. The molecular formula is C18H14ClFN2O3S. The molecule has 3 rings (SSSR count). The quantitative estimate of drug-likeness (QED) is 0.402. The number of benzene rings is 2. The van der Waals surface area contributed by atoms with E-state index >= 15 is 0 Å². The maximum Gasteiger partial charge on any atom is 0.336 e. The van der Waals surface area contributed by atoms with Gasteiger partial charge in [0.1, 0.15) is 17.1 Å². The van der Waals surface area contributed by atoms with E-state index in [1.54, 1.807) is 12.1 Å². The molecule has 0 fully saturated rings. The summed E-state index contributed by atoms with van der Waals surface area (Å²) in [6.45, 7) is 0. The lowest BCUT2D eigenvalue weighted by Crippen LogP contribution is -2.07. The Morgan fingerprint density at radius 2 is 2.12 bits per heavy atom. The third-order valence-electron chi connectivity index (χ3n) is 3.56. The first kappa shape index (κ1) is 18.3. The van der Waals surface area contributed by atoms with Gasteiger partial charge in [-0.1, -0.05) is 23.4 Å². The fourth-order valence-corrected chi connectivity index (χ4v) is 3.21. The van der Waals surface area contributed by atoms with Crippen molar-refractivity contribution >= 4 is 45.2 Å². The summed E-state index contributed by atoms with van der Waals surface area (Å²) in [7, 11) is 1.54. The molecule has 2 aromatic carbocycles. The number of halogens is 2. The highest BCUT2D eigenvalue weighted by Crippen LogP contribution is 2.26. The second-order valence-corrected chi connectivity index (χ2v) is 6.69. The Labute approximate surface area is 157 Å². The molecule has 0 amide bonds. The molecule has 0 unspecified atom stereocenters. The molecule has 0 aliphatic heterocycles. The number of rotatable bonds is 4. The molecule has 134 valence electrons. The second-order valence-electron chi connectivity index (χ2n) is 5.29. The Balaban J connectivity index is 1.83. The van der Waals surface area contributed by atoms with E-state index in [0.29, 0.717) is 22.8 Å². The van der Waals surface area contributed by atoms with Crippen molar-refractivity contribution in [3.63, 3.8) is 0 Å². The number of amidine groups is 1. The fraction of sp³-hybridized carbons (Fsp3) is 0.111. The molecule has 0 aliphatic carbocycles. The summed E-state index contributed by atoms with van der Waals surface area (Å²) in [5.74, 6) is 0.494. The molecule has 0 saturated carbocycles. The first-order valence-corrected chi connectivity index (χ1v) is 8.85. The van der Waals surface area contributed by atoms with Crippen molar-refractivity contribution < 1.29 is 13.5 Å². The molecule has 1 heterocycles. The van der Waals surface area contributed by atoms with E-state index in [1.807, 2.05) is 6.07 Å². The van der Waals surface area contributed by atoms with Crippen LogP contribution in [0.25, 0.3) is 11.0 Å². The number of ether oxygens (including phenoxy) is 1. The molecule has 0 saturated heterocycles. The summed E-state index contributed by atoms with van der Waals surface area (Å²) in [5.41, 5.74) is 7.12. The van der Waals surface area contributed by atoms with E-state index in [9.17, 15) is 9.18 Å². The maximum atomic E-state index is 13.2. The van der Waals surface area contributed by atoms with Crippen LogP contribution in [0.15, 0.2) is 56.7 Å². The number of nitrogens with two attached hydrogens (primary N) is 1. The van der Waals surface area contributed by atoms with E-state index < -0.39 is 11.4 Å². The molecule has 5 nitrogen and oxygen atoms in total. The van der Waals surface area contributed by atoms with Crippen LogP contribution in [0.4, 0.5) is 10.1 Å². The topological polar surface area (TPSA) is 77.8 Å². The molecule has 0 atom stereocenters. The fourth-order valence-electron chi connectivity index (χ4n) is 2.32. The normalized spacial score (nSPS) is 11.7. The predicted octanol–water partition coefficient (Wildman–Crippen LogP) is 4.47. The lowest BCUT2D eigenvalue weighted by molar-refractivity contribution is 0.414. The minimum atomic E-state index is -0.519. The van der Waals surface area contributed by atoms with Crippen molar-refractivity contribution in [2.75, 3.05) is 7.11 Å². The third-order valence-corrected chi connectivity index (χ3v) is 4.69. The van der Waals surface area contributed by atoms with E-state index in [-0.39, 0.29) is 10.2 Å². The van der Waals surface area contributed by atoms with Crippen molar-refractivity contribution in [3.8, 4) is 5.75 Å². The van der Waals surface area contributed by atoms with Gasteiger partial charge in [0.05, 0.1) is 17.8 Å². The molecule has 0 radical (unpaired) electrons. The average Bonchev–Trinajstić information content (AvgIpc) is 2.62. The molecule has 0 bridgehead atoms. The van der Waals surface area contributed by atoms with Crippen molar-refractivity contribution in [2.24, 2.45) is 10.7 Å². The van der Waals surface area contributed by atoms with Gasteiger partial charge in [0.25, 0.3) is 0 Å². The predicted molar refractivity (Wildman–Crippen MR) is 103 cm³/mol. The van der Waals surface area contributed by atoms with Gasteiger partial charge >= 0.3 is 5.63 Å². The van der Waals surface area contributed by atoms with Gasteiger partial charge in [-0.3, -0.25) is 0 Å². The van der Waals surface area contributed by atoms with Crippen LogP contribution in [0.1, 0.15) is 5.56 Å². The number of nitrogens with zero attached hydrogens (tertiary/aromatic N) is 1. The van der Waals surface area contributed by atoms with Crippen LogP contribution in [-0.4, -0.2) is 12.3 Å². The van der Waals surface area contributed by atoms with E-state index in [4.69, 9.17) is 26.5 Å². The van der Waals surface area contributed by atoms with Crippen molar-refractivity contribution in [3.05, 3.63) is 69.3 Å². The van der Waals surface area contributed by atoms with Gasteiger partial charge in [-0.2, -0.15) is 0 Å². The highest BCUT2D eigenvalue weighted by molar-refractivity contribution is 8.13. The molecule has 0 aliphatic rings. The summed E-state index contributed by atoms with van der Waals surface area (Å²) in [6, 6.07) is 10.8. The Hall–Kier alpha value is -2.51. The minimum Gasteiger partial charge on any atom is -0.497 e. The summed E-state index contributed by atoms with van der Waals surface area (Å²) < 4.78 is 23.5. The molecule has 3 aromatic rings. The van der Waals surface area contributed by atoms with Gasteiger partial charge in [0.15, 0.2) is 5.17 Å².